The van der Waals surface area contributed by atoms with Crippen molar-refractivity contribution in [3.8, 4) is 0 Å². The molecule has 0 aliphatic heterocycles. The zero-order valence-corrected chi connectivity index (χ0v) is 11.2. The van der Waals surface area contributed by atoms with Crippen LogP contribution in [-0.4, -0.2) is 25.8 Å². The smallest absolute Gasteiger partial charge is 0.338 e. The predicted octanol–water partition coefficient (Wildman–Crippen LogP) is 2.43. The topological polar surface area (TPSA) is 52.6 Å². The second-order valence-electron chi connectivity index (χ2n) is 3.53. The van der Waals surface area contributed by atoms with E-state index >= 15 is 0 Å². The first kappa shape index (κ1) is 13.9. The molecule has 0 N–H and O–H groups in total. The number of hydrogen-bond donors (Lipinski definition) is 0. The van der Waals surface area contributed by atoms with Crippen molar-refractivity contribution in [1.29, 1.82) is 0 Å². The molecule has 1 unspecified atom stereocenters. The Morgan fingerprint density at radius 1 is 1.18 bits per heavy atom. The fraction of sp³-hybridized carbons (Fsp3) is 0.417. The van der Waals surface area contributed by atoms with Crippen molar-refractivity contribution in [2.24, 2.45) is 0 Å². The van der Waals surface area contributed by atoms with E-state index in [0.717, 1.165) is 0 Å². The van der Waals surface area contributed by atoms with Gasteiger partial charge in [0.15, 0.2) is 0 Å². The van der Waals surface area contributed by atoms with Crippen molar-refractivity contribution in [2.45, 2.75) is 13.8 Å². The number of benzene rings is 1. The van der Waals surface area contributed by atoms with Crippen LogP contribution >= 0.6 is 7.37 Å². The first-order valence-corrected chi connectivity index (χ1v) is 7.58. The minimum Gasteiger partial charge on any atom is -0.462 e. The molecule has 0 heterocycles. The summed E-state index contributed by atoms with van der Waals surface area (Å²) in [5.41, 5.74) is 0.451. The molecular weight excluding hydrogens is 239 g/mol. The normalized spacial score (nSPS) is 14.1. The Bertz CT molecular complexity index is 425. The Morgan fingerprint density at radius 2 is 1.76 bits per heavy atom. The van der Waals surface area contributed by atoms with Crippen LogP contribution in [0, 0.1) is 0 Å². The maximum atomic E-state index is 12.1. The monoisotopic (exact) mass is 256 g/mol. The maximum Gasteiger partial charge on any atom is 0.338 e. The Morgan fingerprint density at radius 3 is 2.24 bits per heavy atom. The highest BCUT2D eigenvalue weighted by atomic mass is 31.2. The van der Waals surface area contributed by atoms with Crippen LogP contribution < -0.4 is 5.30 Å². The fourth-order valence-electron chi connectivity index (χ4n) is 1.40. The van der Waals surface area contributed by atoms with Gasteiger partial charge >= 0.3 is 5.97 Å². The van der Waals surface area contributed by atoms with Gasteiger partial charge < -0.3 is 9.26 Å². The quantitative estimate of drug-likeness (QED) is 0.599. The molecular formula is C12H17O4P. The molecule has 1 rings (SSSR count). The third-order valence-electron chi connectivity index (χ3n) is 2.22. The van der Waals surface area contributed by atoms with Gasteiger partial charge in [0, 0.05) is 12.0 Å². The van der Waals surface area contributed by atoms with Gasteiger partial charge in [-0.3, -0.25) is 4.57 Å². The van der Waals surface area contributed by atoms with E-state index in [-0.39, 0.29) is 5.97 Å². The van der Waals surface area contributed by atoms with E-state index in [1.807, 2.05) is 0 Å². The highest BCUT2D eigenvalue weighted by molar-refractivity contribution is 7.66. The molecule has 0 aromatic heterocycles. The molecule has 1 atom stereocenters. The average molecular weight is 256 g/mol. The fourth-order valence-corrected chi connectivity index (χ4v) is 2.74. The molecule has 4 nitrogen and oxygen atoms in total. The van der Waals surface area contributed by atoms with Crippen molar-refractivity contribution < 1.29 is 18.6 Å². The first-order valence-electron chi connectivity index (χ1n) is 5.51. The van der Waals surface area contributed by atoms with E-state index < -0.39 is 7.37 Å². The number of hydrogen-bond acceptors (Lipinski definition) is 4. The summed E-state index contributed by atoms with van der Waals surface area (Å²) < 4.78 is 22.1. The van der Waals surface area contributed by atoms with Crippen LogP contribution in [0.15, 0.2) is 24.3 Å². The molecule has 1 aromatic rings. The van der Waals surface area contributed by atoms with Crippen LogP contribution in [0.25, 0.3) is 0 Å². The molecule has 1 aromatic carbocycles. The Labute approximate surface area is 101 Å². The van der Waals surface area contributed by atoms with Gasteiger partial charge in [0.2, 0.25) is 7.37 Å². The van der Waals surface area contributed by atoms with E-state index in [9.17, 15) is 9.36 Å². The lowest BCUT2D eigenvalue weighted by molar-refractivity contribution is 0.0526. The molecule has 0 aliphatic rings. The zero-order valence-electron chi connectivity index (χ0n) is 10.3. The molecule has 0 aliphatic carbocycles. The van der Waals surface area contributed by atoms with Crippen LogP contribution in [0.2, 0.25) is 0 Å². The lowest BCUT2D eigenvalue weighted by Gasteiger charge is -2.12. The summed E-state index contributed by atoms with van der Waals surface area (Å²) in [4.78, 5) is 11.4. The molecule has 0 bridgehead atoms. The van der Waals surface area contributed by atoms with E-state index in [0.29, 0.717) is 24.1 Å². The minimum atomic E-state index is -2.76. The van der Waals surface area contributed by atoms with Crippen molar-refractivity contribution in [3.63, 3.8) is 0 Å². The van der Waals surface area contributed by atoms with E-state index in [1.165, 1.54) is 0 Å². The molecule has 0 radical (unpaired) electrons. The summed E-state index contributed by atoms with van der Waals surface area (Å²) in [6, 6.07) is 6.48. The van der Waals surface area contributed by atoms with Crippen LogP contribution in [0.4, 0.5) is 0 Å². The van der Waals surface area contributed by atoms with Crippen LogP contribution in [0.3, 0.4) is 0 Å². The number of carbonyl (C=O) groups is 1. The molecule has 0 fully saturated rings. The van der Waals surface area contributed by atoms with Gasteiger partial charge in [-0.1, -0.05) is 0 Å². The summed E-state index contributed by atoms with van der Waals surface area (Å²) in [6.45, 7) is 5.85. The number of carbonyl (C=O) groups excluding carboxylic acids is 1. The molecule has 0 amide bonds. The van der Waals surface area contributed by atoms with E-state index in [4.69, 9.17) is 9.26 Å². The van der Waals surface area contributed by atoms with Gasteiger partial charge in [-0.05, 0) is 38.1 Å². The summed E-state index contributed by atoms with van der Waals surface area (Å²) in [5.74, 6) is -0.374. The largest absolute Gasteiger partial charge is 0.462 e. The van der Waals surface area contributed by atoms with Crippen molar-refractivity contribution in [1.82, 2.24) is 0 Å². The van der Waals surface area contributed by atoms with Gasteiger partial charge in [0.1, 0.15) is 0 Å². The number of rotatable bonds is 5. The van der Waals surface area contributed by atoms with Gasteiger partial charge in [-0.15, -0.1) is 0 Å². The van der Waals surface area contributed by atoms with Gasteiger partial charge in [-0.2, -0.15) is 0 Å². The minimum absolute atomic E-state index is 0.339. The van der Waals surface area contributed by atoms with Crippen LogP contribution in [-0.2, 0) is 13.8 Å². The Kier molecular flexibility index (Phi) is 4.91. The second kappa shape index (κ2) is 5.99. The van der Waals surface area contributed by atoms with Crippen LogP contribution in [0.5, 0.6) is 0 Å². The average Bonchev–Trinajstić information content (AvgIpc) is 2.29. The van der Waals surface area contributed by atoms with Gasteiger partial charge in [-0.25, -0.2) is 4.79 Å². The number of esters is 1. The van der Waals surface area contributed by atoms with Crippen LogP contribution in [0.1, 0.15) is 24.2 Å². The predicted molar refractivity (Wildman–Crippen MR) is 67.2 cm³/mol. The lowest BCUT2D eigenvalue weighted by Crippen LogP contribution is -2.09. The Balaban J connectivity index is 2.88. The summed E-state index contributed by atoms with van der Waals surface area (Å²) in [5, 5.41) is 0.604. The summed E-state index contributed by atoms with van der Waals surface area (Å²) >= 11 is 0. The third-order valence-corrected chi connectivity index (χ3v) is 4.21. The SMILES string of the molecule is CCOC(=O)c1ccc(P(C)(=O)OCC)cc1. The summed E-state index contributed by atoms with van der Waals surface area (Å²) in [7, 11) is -2.76. The molecule has 17 heavy (non-hydrogen) atoms. The Hall–Kier alpha value is -1.12. The standard InChI is InChI=1S/C12H17O4P/c1-4-15-12(13)10-6-8-11(9-7-10)17(3,14)16-5-2/h6-9H,4-5H2,1-3H3. The van der Waals surface area contributed by atoms with E-state index in [2.05, 4.69) is 0 Å². The first-order chi connectivity index (χ1) is 8.01. The van der Waals surface area contributed by atoms with Gasteiger partial charge in [0.25, 0.3) is 0 Å². The highest BCUT2D eigenvalue weighted by Gasteiger charge is 2.18. The third kappa shape index (κ3) is 3.69. The molecule has 94 valence electrons. The lowest BCUT2D eigenvalue weighted by atomic mass is 10.2. The molecule has 0 spiro atoms. The molecule has 0 saturated carbocycles. The van der Waals surface area contributed by atoms with Crippen molar-refractivity contribution >= 4 is 18.6 Å². The number of ether oxygens (including phenoxy) is 1. The van der Waals surface area contributed by atoms with E-state index in [1.54, 1.807) is 44.8 Å². The van der Waals surface area contributed by atoms with Crippen molar-refractivity contribution in [3.05, 3.63) is 29.8 Å². The molecule has 5 heteroatoms. The van der Waals surface area contributed by atoms with Crippen molar-refractivity contribution in [2.75, 3.05) is 19.9 Å². The second-order valence-corrected chi connectivity index (χ2v) is 6.00. The molecule has 0 saturated heterocycles. The maximum absolute atomic E-state index is 12.1. The summed E-state index contributed by atoms with van der Waals surface area (Å²) in [6.07, 6.45) is 0. The highest BCUT2D eigenvalue weighted by Crippen LogP contribution is 2.40. The van der Waals surface area contributed by atoms with Gasteiger partial charge in [0.05, 0.1) is 18.8 Å². The zero-order chi connectivity index (χ0) is 12.9.